The van der Waals surface area contributed by atoms with E-state index in [1.807, 2.05) is 0 Å². The molecule has 0 aromatic heterocycles. The number of carboxylic acids is 1. The van der Waals surface area contributed by atoms with Crippen LogP contribution in [-0.4, -0.2) is 29.7 Å². The second-order valence-corrected chi connectivity index (χ2v) is 1.75. The summed E-state index contributed by atoms with van der Waals surface area (Å²) in [5, 5.41) is 10.1. The number of carboxylic acid groups (broad SMARTS) is 1. The molecule has 2 N–H and O–H groups in total. The van der Waals surface area contributed by atoms with Gasteiger partial charge in [0.2, 0.25) is 0 Å². The molecule has 0 bridgehead atoms. The maximum absolute atomic E-state index is 10.4. The standard InChI is InChI=1S/C4H5BrN2O3/c5-7-1-3(8)6-2-4(9)10/h1H,2H2,(H,6,8)(H,9,10)/b7-1+. The fourth-order valence-electron chi connectivity index (χ4n) is 0.253. The number of halogens is 1. The lowest BCUT2D eigenvalue weighted by Crippen LogP contribution is -2.29. The van der Waals surface area contributed by atoms with Crippen LogP contribution in [0.2, 0.25) is 0 Å². The molecule has 0 aliphatic heterocycles. The van der Waals surface area contributed by atoms with Crippen LogP contribution in [0, 0.1) is 0 Å². The van der Waals surface area contributed by atoms with E-state index in [1.165, 1.54) is 0 Å². The highest BCUT2D eigenvalue weighted by atomic mass is 79.9. The third-order valence-electron chi connectivity index (χ3n) is 0.580. The van der Waals surface area contributed by atoms with Gasteiger partial charge in [-0.15, -0.1) is 0 Å². The Balaban J connectivity index is 3.50. The third-order valence-corrected chi connectivity index (χ3v) is 0.785. The van der Waals surface area contributed by atoms with Gasteiger partial charge in [0.05, 0.1) is 16.1 Å². The summed E-state index contributed by atoms with van der Waals surface area (Å²) in [6.07, 6.45) is 0.933. The van der Waals surface area contributed by atoms with E-state index in [-0.39, 0.29) is 0 Å². The summed E-state index contributed by atoms with van der Waals surface area (Å²) in [6, 6.07) is 0. The van der Waals surface area contributed by atoms with E-state index < -0.39 is 18.4 Å². The maximum atomic E-state index is 10.4. The van der Waals surface area contributed by atoms with Crippen LogP contribution in [0.25, 0.3) is 0 Å². The van der Waals surface area contributed by atoms with E-state index in [1.54, 1.807) is 0 Å². The molecule has 5 nitrogen and oxygen atoms in total. The Morgan fingerprint density at radius 2 is 2.30 bits per heavy atom. The number of nitrogens with one attached hydrogen (secondary N) is 1. The minimum Gasteiger partial charge on any atom is -0.480 e. The quantitative estimate of drug-likeness (QED) is 0.619. The van der Waals surface area contributed by atoms with E-state index in [2.05, 4.69) is 25.5 Å². The van der Waals surface area contributed by atoms with E-state index in [9.17, 15) is 9.59 Å². The normalized spacial score (nSPS) is 9.70. The molecule has 0 spiro atoms. The van der Waals surface area contributed by atoms with E-state index in [0.717, 1.165) is 6.21 Å². The Kier molecular flexibility index (Phi) is 4.47. The molecule has 10 heavy (non-hydrogen) atoms. The highest BCUT2D eigenvalue weighted by molar-refractivity contribution is 9.08. The zero-order valence-electron chi connectivity index (χ0n) is 4.87. The topological polar surface area (TPSA) is 78.8 Å². The molecule has 0 radical (unpaired) electrons. The van der Waals surface area contributed by atoms with Crippen LogP contribution >= 0.6 is 16.1 Å². The van der Waals surface area contributed by atoms with Crippen molar-refractivity contribution in [2.24, 2.45) is 4.02 Å². The largest absolute Gasteiger partial charge is 0.480 e. The van der Waals surface area contributed by atoms with Crippen molar-refractivity contribution in [3.05, 3.63) is 0 Å². The number of hydrogen-bond acceptors (Lipinski definition) is 3. The molecular formula is C4H5BrN2O3. The molecule has 0 aromatic carbocycles. The minimum absolute atomic E-state index is 0.391. The molecule has 0 atom stereocenters. The van der Waals surface area contributed by atoms with Gasteiger partial charge in [-0.2, -0.15) is 0 Å². The first-order chi connectivity index (χ1) is 4.66. The molecule has 0 aromatic rings. The van der Waals surface area contributed by atoms with Crippen LogP contribution in [0.5, 0.6) is 0 Å². The van der Waals surface area contributed by atoms with Gasteiger partial charge in [0.25, 0.3) is 5.91 Å². The maximum Gasteiger partial charge on any atom is 0.322 e. The molecule has 0 saturated heterocycles. The van der Waals surface area contributed by atoms with Gasteiger partial charge in [0.1, 0.15) is 12.8 Å². The average Bonchev–Trinajstić information content (AvgIpc) is 1.85. The van der Waals surface area contributed by atoms with E-state index in [0.29, 0.717) is 0 Å². The monoisotopic (exact) mass is 208 g/mol. The van der Waals surface area contributed by atoms with Crippen molar-refractivity contribution in [1.82, 2.24) is 5.32 Å². The summed E-state index contributed by atoms with van der Waals surface area (Å²) in [4.78, 5) is 20.2. The third kappa shape index (κ3) is 5.23. The van der Waals surface area contributed by atoms with Crippen molar-refractivity contribution in [3.8, 4) is 0 Å². The summed E-state index contributed by atoms with van der Waals surface area (Å²) in [7, 11) is 0. The van der Waals surface area contributed by atoms with Gasteiger partial charge in [-0.3, -0.25) is 9.59 Å². The number of nitrogens with zero attached hydrogens (tertiary/aromatic N) is 1. The number of rotatable bonds is 3. The van der Waals surface area contributed by atoms with Gasteiger partial charge in [-0.1, -0.05) is 0 Å². The summed E-state index contributed by atoms with van der Waals surface area (Å²) >= 11 is 2.62. The smallest absolute Gasteiger partial charge is 0.322 e. The predicted octanol–water partition coefficient (Wildman–Crippen LogP) is -0.432. The van der Waals surface area contributed by atoms with Crippen LogP contribution in [0.1, 0.15) is 0 Å². The Morgan fingerprint density at radius 1 is 1.70 bits per heavy atom. The van der Waals surface area contributed by atoms with Crippen LogP contribution < -0.4 is 5.32 Å². The van der Waals surface area contributed by atoms with Crippen LogP contribution in [-0.2, 0) is 9.59 Å². The van der Waals surface area contributed by atoms with Crippen molar-refractivity contribution >= 4 is 34.2 Å². The second kappa shape index (κ2) is 4.92. The summed E-state index contributed by atoms with van der Waals surface area (Å²) in [6.45, 7) is -0.391. The van der Waals surface area contributed by atoms with Crippen molar-refractivity contribution in [1.29, 1.82) is 0 Å². The highest BCUT2D eigenvalue weighted by Crippen LogP contribution is 1.75. The highest BCUT2D eigenvalue weighted by Gasteiger charge is 1.98. The Bertz CT molecular complexity index is 168. The zero-order chi connectivity index (χ0) is 7.98. The summed E-state index contributed by atoms with van der Waals surface area (Å²) in [5.41, 5.74) is 0. The van der Waals surface area contributed by atoms with Gasteiger partial charge < -0.3 is 10.4 Å². The van der Waals surface area contributed by atoms with Crippen LogP contribution in [0.4, 0.5) is 0 Å². The molecule has 0 aliphatic carbocycles. The molecule has 6 heteroatoms. The molecular weight excluding hydrogens is 204 g/mol. The van der Waals surface area contributed by atoms with Crippen molar-refractivity contribution < 1.29 is 14.7 Å². The van der Waals surface area contributed by atoms with Crippen molar-refractivity contribution in [2.45, 2.75) is 0 Å². The van der Waals surface area contributed by atoms with Crippen LogP contribution in [0.3, 0.4) is 0 Å². The number of hydrogen-bond donors (Lipinski definition) is 2. The molecule has 1 amide bonds. The Hall–Kier alpha value is -0.910. The number of amides is 1. The zero-order valence-corrected chi connectivity index (χ0v) is 6.46. The lowest BCUT2D eigenvalue weighted by molar-refractivity contribution is -0.137. The first kappa shape index (κ1) is 9.09. The number of carbonyl (C=O) groups excluding carboxylic acids is 1. The second-order valence-electron chi connectivity index (χ2n) is 1.34. The SMILES string of the molecule is O=C(O)CNC(=O)/C=N/Br. The Morgan fingerprint density at radius 3 is 2.70 bits per heavy atom. The van der Waals surface area contributed by atoms with Gasteiger partial charge in [0.15, 0.2) is 0 Å². The van der Waals surface area contributed by atoms with Gasteiger partial charge in [0, 0.05) is 0 Å². The van der Waals surface area contributed by atoms with E-state index in [4.69, 9.17) is 5.11 Å². The molecule has 0 aliphatic rings. The molecule has 0 heterocycles. The molecule has 56 valence electrons. The molecule has 0 rings (SSSR count). The van der Waals surface area contributed by atoms with Gasteiger partial charge in [-0.25, -0.2) is 4.02 Å². The summed E-state index contributed by atoms with van der Waals surface area (Å²) in [5.74, 6) is -1.63. The number of aliphatic carboxylic acids is 1. The number of carbonyl (C=O) groups is 2. The summed E-state index contributed by atoms with van der Waals surface area (Å²) < 4.78 is 3.20. The fraction of sp³-hybridized carbons (Fsp3) is 0.250. The van der Waals surface area contributed by atoms with Gasteiger partial charge in [-0.05, 0) is 0 Å². The first-order valence-electron chi connectivity index (χ1n) is 2.30. The molecule has 0 unspecified atom stereocenters. The van der Waals surface area contributed by atoms with Crippen LogP contribution in [0.15, 0.2) is 4.02 Å². The molecule has 0 saturated carbocycles. The fourth-order valence-corrected chi connectivity index (χ4v) is 0.439. The lowest BCUT2D eigenvalue weighted by Gasteiger charge is -1.93. The molecule has 0 fully saturated rings. The predicted molar refractivity (Wildman–Crippen MR) is 38.1 cm³/mol. The van der Waals surface area contributed by atoms with E-state index >= 15 is 0 Å². The average molecular weight is 209 g/mol. The van der Waals surface area contributed by atoms with Crippen molar-refractivity contribution in [3.63, 3.8) is 0 Å². The first-order valence-corrected chi connectivity index (χ1v) is 3.01. The van der Waals surface area contributed by atoms with Crippen molar-refractivity contribution in [2.75, 3.05) is 6.54 Å². The lowest BCUT2D eigenvalue weighted by atomic mass is 10.6. The minimum atomic E-state index is -1.09. The van der Waals surface area contributed by atoms with Gasteiger partial charge >= 0.3 is 5.97 Å². The Labute approximate surface area is 65.5 Å².